The van der Waals surface area contributed by atoms with E-state index in [-0.39, 0.29) is 16.4 Å². The first-order chi connectivity index (χ1) is 15.3. The van der Waals surface area contributed by atoms with Gasteiger partial charge in [-0.25, -0.2) is 22.8 Å². The average molecular weight is 472 g/mol. The van der Waals surface area contributed by atoms with E-state index in [1.807, 2.05) is 0 Å². The largest absolute Gasteiger partial charge is 0.477 e. The molecule has 0 unspecified atom stereocenters. The fourth-order valence-electron chi connectivity index (χ4n) is 3.28. The smallest absolute Gasteiger partial charge is 0.344 e. The summed E-state index contributed by atoms with van der Waals surface area (Å²) in [6.45, 7) is 3.07. The zero-order chi connectivity index (χ0) is 23.1. The van der Waals surface area contributed by atoms with Crippen molar-refractivity contribution in [3.8, 4) is 5.88 Å². The number of aromatic nitrogens is 1. The topological polar surface area (TPSA) is 104 Å². The first kappa shape index (κ1) is 23.8. The summed E-state index contributed by atoms with van der Waals surface area (Å²) in [4.78, 5) is 26.1. The fraction of sp³-hybridized carbons (Fsp3) is 0.450. The second-order valence-electron chi connectivity index (χ2n) is 7.28. The minimum atomic E-state index is -1.42. The van der Waals surface area contributed by atoms with Crippen molar-refractivity contribution in [2.24, 2.45) is 0 Å². The van der Waals surface area contributed by atoms with Crippen LogP contribution in [-0.4, -0.2) is 52.6 Å². The van der Waals surface area contributed by atoms with E-state index in [9.17, 15) is 27.9 Å². The molecule has 2 heterocycles. The normalized spacial score (nSPS) is 13.8. The van der Waals surface area contributed by atoms with Crippen molar-refractivity contribution in [3.05, 3.63) is 40.7 Å². The maximum absolute atomic E-state index is 13.7. The van der Waals surface area contributed by atoms with Gasteiger partial charge in [-0.1, -0.05) is 0 Å². The van der Waals surface area contributed by atoms with Crippen molar-refractivity contribution in [3.63, 3.8) is 0 Å². The van der Waals surface area contributed by atoms with Gasteiger partial charge in [0.2, 0.25) is 5.88 Å². The molecule has 1 saturated heterocycles. The van der Waals surface area contributed by atoms with Crippen molar-refractivity contribution in [2.45, 2.75) is 32.3 Å². The molecule has 1 aliphatic heterocycles. The Kier molecular flexibility index (Phi) is 8.28. The van der Waals surface area contributed by atoms with Crippen LogP contribution in [0, 0.1) is 17.5 Å². The summed E-state index contributed by atoms with van der Waals surface area (Å²) in [5.74, 6) is -5.44. The van der Waals surface area contributed by atoms with E-state index in [2.05, 4.69) is 19.9 Å². The van der Waals surface area contributed by atoms with Gasteiger partial charge in [0, 0.05) is 18.2 Å². The molecule has 3 N–H and O–H groups in total. The number of rotatable bonds is 10. The molecule has 12 heteroatoms. The van der Waals surface area contributed by atoms with Gasteiger partial charge in [-0.2, -0.15) is 4.37 Å². The fourth-order valence-corrected chi connectivity index (χ4v) is 4.01. The van der Waals surface area contributed by atoms with Crippen LogP contribution in [0.2, 0.25) is 0 Å². The number of anilines is 1. The van der Waals surface area contributed by atoms with Gasteiger partial charge < -0.3 is 20.1 Å². The molecule has 2 aromatic rings. The Bertz CT molecular complexity index is 967. The molecule has 1 aromatic heterocycles. The van der Waals surface area contributed by atoms with E-state index in [1.165, 1.54) is 12.8 Å². The van der Waals surface area contributed by atoms with Crippen LogP contribution in [-0.2, 0) is 6.61 Å². The summed E-state index contributed by atoms with van der Waals surface area (Å²) >= 11 is 0.676. The lowest BCUT2D eigenvalue weighted by molar-refractivity contribution is 0.0693. The highest BCUT2D eigenvalue weighted by Crippen LogP contribution is 2.31. The average Bonchev–Trinajstić information content (AvgIpc) is 3.39. The number of hydrogen-bond acceptors (Lipinski definition) is 6. The van der Waals surface area contributed by atoms with Gasteiger partial charge in [-0.05, 0) is 62.9 Å². The van der Waals surface area contributed by atoms with E-state index in [0.29, 0.717) is 30.2 Å². The third-order valence-corrected chi connectivity index (χ3v) is 5.69. The first-order valence-corrected chi connectivity index (χ1v) is 10.9. The molecule has 1 fully saturated rings. The predicted octanol–water partition coefficient (Wildman–Crippen LogP) is 3.84. The molecule has 1 aliphatic rings. The van der Waals surface area contributed by atoms with Crippen molar-refractivity contribution < 1.29 is 32.6 Å². The first-order valence-electron chi connectivity index (χ1n) is 10.1. The van der Waals surface area contributed by atoms with Gasteiger partial charge in [0.1, 0.15) is 17.4 Å². The molecule has 0 spiro atoms. The number of carbonyl (C=O) groups excluding carboxylic acids is 1. The number of nitrogens with one attached hydrogen (secondary N) is 2. The zero-order valence-corrected chi connectivity index (χ0v) is 17.9. The number of aromatic carboxylic acids is 1. The van der Waals surface area contributed by atoms with Crippen molar-refractivity contribution in [1.29, 1.82) is 0 Å². The number of benzene rings is 1. The second kappa shape index (κ2) is 11.1. The summed E-state index contributed by atoms with van der Waals surface area (Å²) in [5.41, 5.74) is -0.725. The van der Waals surface area contributed by atoms with E-state index >= 15 is 0 Å². The molecule has 32 heavy (non-hydrogen) atoms. The van der Waals surface area contributed by atoms with Crippen LogP contribution in [0.3, 0.4) is 0 Å². The Morgan fingerprint density at radius 3 is 2.56 bits per heavy atom. The number of urea groups is 1. The second-order valence-corrected chi connectivity index (χ2v) is 8.05. The van der Waals surface area contributed by atoms with Crippen LogP contribution in [0.15, 0.2) is 12.1 Å². The van der Waals surface area contributed by atoms with E-state index in [4.69, 9.17) is 4.74 Å². The summed E-state index contributed by atoms with van der Waals surface area (Å²) in [5, 5.41) is 14.5. The Hall–Kier alpha value is -2.86. The number of carboxylic acids is 1. The highest BCUT2D eigenvalue weighted by Gasteiger charge is 2.24. The monoisotopic (exact) mass is 472 g/mol. The zero-order valence-electron chi connectivity index (χ0n) is 17.1. The van der Waals surface area contributed by atoms with Crippen LogP contribution >= 0.6 is 11.5 Å². The maximum Gasteiger partial charge on any atom is 0.344 e. The van der Waals surface area contributed by atoms with Gasteiger partial charge in [-0.15, -0.1) is 0 Å². The number of amides is 2. The minimum Gasteiger partial charge on any atom is -0.477 e. The number of nitrogens with zero attached hydrogens (tertiary/aromatic N) is 2. The van der Waals surface area contributed by atoms with Gasteiger partial charge >= 0.3 is 12.0 Å². The lowest BCUT2D eigenvalue weighted by Gasteiger charge is -2.14. The van der Waals surface area contributed by atoms with E-state index < -0.39 is 41.6 Å². The Morgan fingerprint density at radius 1 is 1.12 bits per heavy atom. The number of carboxylic acid groups (broad SMARTS) is 1. The van der Waals surface area contributed by atoms with Crippen LogP contribution in [0.25, 0.3) is 0 Å². The molecular formula is C20H23F3N4O4S. The molecule has 0 saturated carbocycles. The van der Waals surface area contributed by atoms with Crippen molar-refractivity contribution in [2.75, 3.05) is 31.5 Å². The van der Waals surface area contributed by atoms with Gasteiger partial charge in [0.15, 0.2) is 17.2 Å². The molecule has 0 radical (unpaired) electrons. The van der Waals surface area contributed by atoms with Crippen molar-refractivity contribution in [1.82, 2.24) is 14.6 Å². The van der Waals surface area contributed by atoms with Gasteiger partial charge in [0.05, 0.1) is 0 Å². The lowest BCUT2D eigenvalue weighted by atomic mass is 10.2. The Balaban J connectivity index is 1.52. The summed E-state index contributed by atoms with van der Waals surface area (Å²) in [6, 6.07) is 0.402. The van der Waals surface area contributed by atoms with Crippen LogP contribution in [0.4, 0.5) is 23.0 Å². The highest BCUT2D eigenvalue weighted by atomic mass is 32.1. The highest BCUT2D eigenvalue weighted by molar-refractivity contribution is 7.11. The molecule has 174 valence electrons. The van der Waals surface area contributed by atoms with Crippen LogP contribution in [0.5, 0.6) is 5.88 Å². The standard InChI is InChI=1S/C20H23F3N4O4S/c21-13-10-15(23)14(22)9-12(13)11-31-17-16(19(28)29)18(32-26-17)25-20(30)24-5-1-2-6-27-7-3-4-8-27/h9-10H,1-8,11H2,(H,28,29)(H2,24,25,30). The number of carbonyl (C=O) groups is 2. The third kappa shape index (κ3) is 6.33. The minimum absolute atomic E-state index is 0.0622. The molecular weight excluding hydrogens is 449 g/mol. The SMILES string of the molecule is O=C(NCCCCN1CCCC1)Nc1snc(OCc2cc(F)c(F)cc2F)c1C(=O)O. The molecule has 0 aliphatic carbocycles. The quantitative estimate of drug-likeness (QED) is 0.359. The summed E-state index contributed by atoms with van der Waals surface area (Å²) in [6.07, 6.45) is 4.18. The van der Waals surface area contributed by atoms with E-state index in [0.717, 1.165) is 32.5 Å². The Morgan fingerprint density at radius 2 is 1.84 bits per heavy atom. The van der Waals surface area contributed by atoms with Gasteiger partial charge in [-0.3, -0.25) is 5.32 Å². The number of halogens is 3. The summed E-state index contributed by atoms with van der Waals surface area (Å²) < 4.78 is 49.1. The van der Waals surface area contributed by atoms with Crippen LogP contribution in [0.1, 0.15) is 41.6 Å². The lowest BCUT2D eigenvalue weighted by Crippen LogP contribution is -2.30. The van der Waals surface area contributed by atoms with Crippen molar-refractivity contribution >= 4 is 28.5 Å². The number of unbranched alkanes of at least 4 members (excludes halogenated alkanes) is 1. The third-order valence-electron chi connectivity index (χ3n) is 4.94. The molecule has 0 atom stereocenters. The maximum atomic E-state index is 13.7. The predicted molar refractivity (Wildman–Crippen MR) is 112 cm³/mol. The van der Waals surface area contributed by atoms with Crippen LogP contribution < -0.4 is 15.4 Å². The number of hydrogen-bond donors (Lipinski definition) is 3. The Labute approximate surface area is 186 Å². The summed E-state index contributed by atoms with van der Waals surface area (Å²) in [7, 11) is 0. The molecule has 0 bridgehead atoms. The molecule has 8 nitrogen and oxygen atoms in total. The molecule has 1 aromatic carbocycles. The van der Waals surface area contributed by atoms with E-state index in [1.54, 1.807) is 0 Å². The molecule has 2 amide bonds. The number of ether oxygens (including phenoxy) is 1. The number of likely N-dealkylation sites (tertiary alicyclic amines) is 1. The molecule has 3 rings (SSSR count). The van der Waals surface area contributed by atoms with Gasteiger partial charge in [0.25, 0.3) is 0 Å².